The molecule has 3 aromatic rings. The third kappa shape index (κ3) is 5.74. The van der Waals surface area contributed by atoms with Crippen molar-refractivity contribution in [2.75, 3.05) is 11.9 Å². The van der Waals surface area contributed by atoms with Gasteiger partial charge in [0.05, 0.1) is 17.2 Å². The Hall–Kier alpha value is -3.52. The van der Waals surface area contributed by atoms with Crippen LogP contribution in [-0.4, -0.2) is 22.4 Å². The summed E-state index contributed by atoms with van der Waals surface area (Å²) < 4.78 is 5.77. The lowest BCUT2D eigenvalue weighted by molar-refractivity contribution is -0.384. The van der Waals surface area contributed by atoms with Gasteiger partial charge in [0, 0.05) is 34.7 Å². The number of nitro benzene ring substituents is 1. The van der Waals surface area contributed by atoms with E-state index in [0.29, 0.717) is 23.0 Å². The van der Waals surface area contributed by atoms with Crippen LogP contribution >= 0.6 is 11.3 Å². The highest BCUT2D eigenvalue weighted by molar-refractivity contribution is 7.14. The van der Waals surface area contributed by atoms with Crippen molar-refractivity contribution in [1.82, 2.24) is 4.98 Å². The van der Waals surface area contributed by atoms with E-state index in [1.54, 1.807) is 23.6 Å². The van der Waals surface area contributed by atoms with Gasteiger partial charge in [0.15, 0.2) is 5.13 Å². The van der Waals surface area contributed by atoms with Gasteiger partial charge in [-0.2, -0.15) is 0 Å². The first-order valence-corrected chi connectivity index (χ1v) is 10.4. The van der Waals surface area contributed by atoms with Crippen LogP contribution in [0.4, 0.5) is 10.8 Å². The molecule has 154 valence electrons. The number of nitrogens with zero attached hydrogens (tertiary/aromatic N) is 2. The van der Waals surface area contributed by atoms with Crippen molar-refractivity contribution in [2.24, 2.45) is 0 Å². The number of anilines is 1. The third-order valence-electron chi connectivity index (χ3n) is 4.18. The van der Waals surface area contributed by atoms with E-state index in [1.807, 2.05) is 24.3 Å². The molecule has 1 N–H and O–H groups in total. The summed E-state index contributed by atoms with van der Waals surface area (Å²) in [4.78, 5) is 27.1. The third-order valence-corrected chi connectivity index (χ3v) is 4.93. The molecule has 0 saturated heterocycles. The molecule has 0 unspecified atom stereocenters. The van der Waals surface area contributed by atoms with E-state index in [0.717, 1.165) is 24.2 Å². The van der Waals surface area contributed by atoms with Gasteiger partial charge < -0.3 is 4.74 Å². The lowest BCUT2D eigenvalue weighted by Gasteiger charge is -2.08. The fourth-order valence-corrected chi connectivity index (χ4v) is 3.35. The molecule has 2 aromatic carbocycles. The summed E-state index contributed by atoms with van der Waals surface area (Å²) in [5.41, 5.74) is 2.00. The Morgan fingerprint density at radius 1 is 1.27 bits per heavy atom. The largest absolute Gasteiger partial charge is 0.493 e. The highest BCUT2D eigenvalue weighted by Gasteiger charge is 2.11. The number of hydrogen-bond donors (Lipinski definition) is 1. The molecule has 0 radical (unpaired) electrons. The van der Waals surface area contributed by atoms with Crippen LogP contribution in [0.25, 0.3) is 17.3 Å². The summed E-state index contributed by atoms with van der Waals surface area (Å²) in [7, 11) is 0. The molecule has 0 saturated carbocycles. The Labute approximate surface area is 178 Å². The van der Waals surface area contributed by atoms with Crippen molar-refractivity contribution in [2.45, 2.75) is 19.8 Å². The lowest BCUT2D eigenvalue weighted by atomic mass is 10.1. The normalized spacial score (nSPS) is 10.8. The predicted octanol–water partition coefficient (Wildman–Crippen LogP) is 5.55. The number of unbranched alkanes of at least 4 members (excludes halogenated alkanes) is 1. The summed E-state index contributed by atoms with van der Waals surface area (Å²) in [5, 5.41) is 15.8. The van der Waals surface area contributed by atoms with Gasteiger partial charge in [-0.3, -0.25) is 20.2 Å². The van der Waals surface area contributed by atoms with Gasteiger partial charge in [0.25, 0.3) is 5.69 Å². The van der Waals surface area contributed by atoms with E-state index in [2.05, 4.69) is 17.2 Å². The molecule has 0 atom stereocenters. The van der Waals surface area contributed by atoms with Crippen LogP contribution in [0, 0.1) is 10.1 Å². The van der Waals surface area contributed by atoms with Crippen LogP contribution in [-0.2, 0) is 4.79 Å². The summed E-state index contributed by atoms with van der Waals surface area (Å²) in [5.74, 6) is 0.413. The molecule has 1 aromatic heterocycles. The molecule has 30 heavy (non-hydrogen) atoms. The number of amides is 1. The Bertz CT molecular complexity index is 1060. The van der Waals surface area contributed by atoms with Crippen LogP contribution in [0.3, 0.4) is 0 Å². The lowest BCUT2D eigenvalue weighted by Crippen LogP contribution is -2.07. The molecule has 0 bridgehead atoms. The zero-order valence-electron chi connectivity index (χ0n) is 16.4. The highest BCUT2D eigenvalue weighted by atomic mass is 32.1. The minimum Gasteiger partial charge on any atom is -0.493 e. The van der Waals surface area contributed by atoms with Gasteiger partial charge in [-0.25, -0.2) is 4.98 Å². The molecule has 1 amide bonds. The first kappa shape index (κ1) is 21.2. The number of carbonyl (C=O) groups excluding carboxylic acids is 1. The second kappa shape index (κ2) is 10.3. The van der Waals surface area contributed by atoms with Crippen LogP contribution in [0.2, 0.25) is 0 Å². The second-order valence-electron chi connectivity index (χ2n) is 6.41. The van der Waals surface area contributed by atoms with Gasteiger partial charge in [-0.15, -0.1) is 11.3 Å². The predicted molar refractivity (Wildman–Crippen MR) is 119 cm³/mol. The van der Waals surface area contributed by atoms with Crippen molar-refractivity contribution in [3.8, 4) is 17.0 Å². The number of non-ortho nitro benzene ring substituents is 1. The number of carbonyl (C=O) groups is 1. The van der Waals surface area contributed by atoms with E-state index in [4.69, 9.17) is 4.74 Å². The van der Waals surface area contributed by atoms with Crippen molar-refractivity contribution in [3.63, 3.8) is 0 Å². The number of nitro groups is 1. The first-order valence-electron chi connectivity index (χ1n) is 9.48. The van der Waals surface area contributed by atoms with Crippen LogP contribution < -0.4 is 10.1 Å². The Kier molecular flexibility index (Phi) is 7.29. The number of thiazole rings is 1. The van der Waals surface area contributed by atoms with Crippen LogP contribution in [0.15, 0.2) is 60.0 Å². The number of ether oxygens (including phenoxy) is 1. The van der Waals surface area contributed by atoms with Crippen molar-refractivity contribution < 1.29 is 14.5 Å². The minimum atomic E-state index is -0.451. The number of benzene rings is 2. The van der Waals surface area contributed by atoms with Crippen LogP contribution in [0.1, 0.15) is 25.3 Å². The highest BCUT2D eigenvalue weighted by Crippen LogP contribution is 2.27. The quantitative estimate of drug-likeness (QED) is 0.211. The average molecular weight is 423 g/mol. The molecule has 7 nitrogen and oxygen atoms in total. The van der Waals surface area contributed by atoms with Crippen molar-refractivity contribution in [1.29, 1.82) is 0 Å². The number of para-hydroxylation sites is 1. The number of aromatic nitrogens is 1. The molecule has 0 aliphatic carbocycles. The standard InChI is InChI=1S/C22H21N3O4S/c1-2-3-13-29-20-10-5-4-7-16(20)11-12-21(26)24-22-23-19(15-30-22)17-8-6-9-18(14-17)25(27)28/h4-12,14-15H,2-3,13H2,1H3,(H,23,24,26)/b12-11+. The van der Waals surface area contributed by atoms with E-state index in [-0.39, 0.29) is 11.6 Å². The minimum absolute atomic E-state index is 0.00570. The van der Waals surface area contributed by atoms with E-state index in [1.165, 1.54) is 29.5 Å². The van der Waals surface area contributed by atoms with Gasteiger partial charge in [0.2, 0.25) is 5.91 Å². The summed E-state index contributed by atoms with van der Waals surface area (Å²) in [6.07, 6.45) is 5.14. The van der Waals surface area contributed by atoms with Crippen molar-refractivity contribution >= 4 is 34.1 Å². The smallest absolute Gasteiger partial charge is 0.270 e. The fourth-order valence-electron chi connectivity index (χ4n) is 2.63. The summed E-state index contributed by atoms with van der Waals surface area (Å²) in [6.45, 7) is 2.73. The zero-order chi connectivity index (χ0) is 21.3. The molecule has 1 heterocycles. The first-order chi connectivity index (χ1) is 14.6. The summed E-state index contributed by atoms with van der Waals surface area (Å²) in [6, 6.07) is 13.8. The van der Waals surface area contributed by atoms with E-state index in [9.17, 15) is 14.9 Å². The second-order valence-corrected chi connectivity index (χ2v) is 7.27. The molecule has 0 aliphatic heterocycles. The molecule has 0 aliphatic rings. The zero-order valence-corrected chi connectivity index (χ0v) is 17.2. The molecule has 0 fully saturated rings. The van der Waals surface area contributed by atoms with Gasteiger partial charge in [-0.05, 0) is 18.6 Å². The molecular formula is C22H21N3O4S. The maximum atomic E-state index is 12.3. The average Bonchev–Trinajstić information content (AvgIpc) is 3.22. The summed E-state index contributed by atoms with van der Waals surface area (Å²) >= 11 is 1.25. The SMILES string of the molecule is CCCCOc1ccccc1/C=C/C(=O)Nc1nc(-c2cccc([N+](=O)[O-])c2)cs1. The molecule has 8 heteroatoms. The maximum absolute atomic E-state index is 12.3. The van der Waals surface area contributed by atoms with Gasteiger partial charge in [-0.1, -0.05) is 43.7 Å². The van der Waals surface area contributed by atoms with Gasteiger partial charge in [0.1, 0.15) is 5.75 Å². The molecule has 3 rings (SSSR count). The number of rotatable bonds is 9. The van der Waals surface area contributed by atoms with E-state index < -0.39 is 4.92 Å². The fraction of sp³-hybridized carbons (Fsp3) is 0.182. The molecule has 0 spiro atoms. The molecular weight excluding hydrogens is 402 g/mol. The Morgan fingerprint density at radius 3 is 2.90 bits per heavy atom. The van der Waals surface area contributed by atoms with E-state index >= 15 is 0 Å². The number of nitrogens with one attached hydrogen (secondary N) is 1. The maximum Gasteiger partial charge on any atom is 0.270 e. The van der Waals surface area contributed by atoms with Crippen molar-refractivity contribution in [3.05, 3.63) is 75.7 Å². The Balaban J connectivity index is 1.65. The number of hydrogen-bond acceptors (Lipinski definition) is 6. The topological polar surface area (TPSA) is 94.4 Å². The Morgan fingerprint density at radius 2 is 2.10 bits per heavy atom. The monoisotopic (exact) mass is 423 g/mol. The van der Waals surface area contributed by atoms with Gasteiger partial charge >= 0.3 is 0 Å². The van der Waals surface area contributed by atoms with Crippen LogP contribution in [0.5, 0.6) is 5.75 Å².